The van der Waals surface area contributed by atoms with E-state index in [9.17, 15) is 14.7 Å². The Morgan fingerprint density at radius 2 is 1.30 bits per heavy atom. The van der Waals surface area contributed by atoms with E-state index in [1.807, 2.05) is 24.3 Å². The molecule has 0 unspecified atom stereocenters. The molecule has 0 saturated carbocycles. The van der Waals surface area contributed by atoms with Gasteiger partial charge in [-0.1, -0.05) is 48.5 Å². The molecule has 118 valence electrons. The zero-order valence-corrected chi connectivity index (χ0v) is 12.8. The van der Waals surface area contributed by atoms with Crippen molar-refractivity contribution >= 4 is 11.7 Å². The van der Waals surface area contributed by atoms with Gasteiger partial charge in [-0.25, -0.2) is 0 Å². The van der Waals surface area contributed by atoms with Gasteiger partial charge in [0.05, 0.1) is 0 Å². The molecule has 0 bridgehead atoms. The largest absolute Gasteiger partial charge is 0.382 e. The van der Waals surface area contributed by atoms with E-state index in [2.05, 4.69) is 0 Å². The third kappa shape index (κ3) is 3.17. The van der Waals surface area contributed by atoms with Crippen LogP contribution in [0, 0.1) is 0 Å². The molecule has 1 amide bonds. The highest BCUT2D eigenvalue weighted by atomic mass is 16.3. The molecule has 1 aliphatic heterocycles. The summed E-state index contributed by atoms with van der Waals surface area (Å²) in [6, 6.07) is 17.9. The van der Waals surface area contributed by atoms with Gasteiger partial charge >= 0.3 is 0 Å². The first-order valence-corrected chi connectivity index (χ1v) is 7.77. The standard InChI is InChI=1S/C19H19NO3/c21-17(15-7-3-1-4-8-15)19(23)11-13-20(14-12-19)18(22)16-9-5-2-6-10-16/h1-10,23H,11-14H2. The smallest absolute Gasteiger partial charge is 0.253 e. The minimum atomic E-state index is -1.38. The van der Waals surface area contributed by atoms with E-state index in [0.29, 0.717) is 24.2 Å². The van der Waals surface area contributed by atoms with Crippen LogP contribution in [0.1, 0.15) is 33.6 Å². The molecule has 0 aromatic heterocycles. The summed E-state index contributed by atoms with van der Waals surface area (Å²) in [7, 11) is 0. The van der Waals surface area contributed by atoms with Gasteiger partial charge in [-0.15, -0.1) is 0 Å². The lowest BCUT2D eigenvalue weighted by atomic mass is 9.84. The predicted molar refractivity (Wildman–Crippen MR) is 87.3 cm³/mol. The molecular formula is C19H19NO3. The highest BCUT2D eigenvalue weighted by Crippen LogP contribution is 2.27. The van der Waals surface area contributed by atoms with Gasteiger partial charge in [-0.05, 0) is 12.1 Å². The lowest BCUT2D eigenvalue weighted by molar-refractivity contribution is -0.00419. The molecule has 4 heteroatoms. The molecule has 1 saturated heterocycles. The number of ketones is 1. The van der Waals surface area contributed by atoms with Crippen LogP contribution in [-0.4, -0.2) is 40.4 Å². The number of amides is 1. The van der Waals surface area contributed by atoms with Crippen LogP contribution >= 0.6 is 0 Å². The zero-order chi connectivity index (χ0) is 16.3. The van der Waals surface area contributed by atoms with Crippen molar-refractivity contribution in [1.82, 2.24) is 4.90 Å². The van der Waals surface area contributed by atoms with Gasteiger partial charge in [0.25, 0.3) is 5.91 Å². The van der Waals surface area contributed by atoms with Gasteiger partial charge in [0.15, 0.2) is 5.78 Å². The quantitative estimate of drug-likeness (QED) is 0.886. The minimum absolute atomic E-state index is 0.0557. The van der Waals surface area contributed by atoms with Crippen molar-refractivity contribution in [2.75, 3.05) is 13.1 Å². The van der Waals surface area contributed by atoms with E-state index < -0.39 is 5.60 Å². The molecule has 3 rings (SSSR count). The second-order valence-corrected chi connectivity index (χ2v) is 5.88. The summed E-state index contributed by atoms with van der Waals surface area (Å²) < 4.78 is 0. The topological polar surface area (TPSA) is 57.6 Å². The SMILES string of the molecule is O=C(c1ccccc1)N1CCC(O)(C(=O)c2ccccc2)CC1. The number of piperidine rings is 1. The van der Waals surface area contributed by atoms with E-state index in [4.69, 9.17) is 0 Å². The molecule has 1 N–H and O–H groups in total. The number of carbonyl (C=O) groups excluding carboxylic acids is 2. The summed E-state index contributed by atoms with van der Waals surface area (Å²) in [5, 5.41) is 10.7. The van der Waals surface area contributed by atoms with Gasteiger partial charge in [0.1, 0.15) is 5.60 Å². The first-order chi connectivity index (χ1) is 11.1. The summed E-state index contributed by atoms with van der Waals surface area (Å²) in [6.45, 7) is 0.756. The van der Waals surface area contributed by atoms with Crippen LogP contribution in [0.2, 0.25) is 0 Å². The Bertz CT molecular complexity index is 689. The average molecular weight is 309 g/mol. The predicted octanol–water partition coefficient (Wildman–Crippen LogP) is 2.54. The molecule has 2 aromatic carbocycles. The van der Waals surface area contributed by atoms with Crippen molar-refractivity contribution in [1.29, 1.82) is 0 Å². The van der Waals surface area contributed by atoms with Crippen molar-refractivity contribution in [2.45, 2.75) is 18.4 Å². The van der Waals surface area contributed by atoms with Crippen LogP contribution in [0.15, 0.2) is 60.7 Å². The molecule has 2 aromatic rings. The molecule has 0 radical (unpaired) electrons. The number of aliphatic hydroxyl groups is 1. The molecule has 0 spiro atoms. The molecule has 4 nitrogen and oxygen atoms in total. The molecule has 23 heavy (non-hydrogen) atoms. The van der Waals surface area contributed by atoms with Crippen LogP contribution in [0.4, 0.5) is 0 Å². The van der Waals surface area contributed by atoms with Crippen LogP contribution in [0.5, 0.6) is 0 Å². The van der Waals surface area contributed by atoms with Crippen molar-refractivity contribution in [3.8, 4) is 0 Å². The fourth-order valence-corrected chi connectivity index (χ4v) is 2.93. The maximum absolute atomic E-state index is 12.5. The first-order valence-electron chi connectivity index (χ1n) is 7.77. The second kappa shape index (κ2) is 6.34. The third-order valence-corrected chi connectivity index (χ3v) is 4.36. The van der Waals surface area contributed by atoms with Crippen LogP contribution in [0.25, 0.3) is 0 Å². The summed E-state index contributed by atoms with van der Waals surface area (Å²) in [5.74, 6) is -0.315. The highest BCUT2D eigenvalue weighted by molar-refractivity contribution is 6.02. The summed E-state index contributed by atoms with van der Waals surface area (Å²) in [4.78, 5) is 26.6. The number of carbonyl (C=O) groups is 2. The lowest BCUT2D eigenvalue weighted by Crippen LogP contribution is -2.50. The zero-order valence-electron chi connectivity index (χ0n) is 12.8. The first kappa shape index (κ1) is 15.4. The number of likely N-dealkylation sites (tertiary alicyclic amines) is 1. The van der Waals surface area contributed by atoms with Gasteiger partial charge in [0, 0.05) is 37.1 Å². The molecule has 1 heterocycles. The Morgan fingerprint density at radius 3 is 1.83 bits per heavy atom. The Balaban J connectivity index is 1.68. The number of nitrogens with zero attached hydrogens (tertiary/aromatic N) is 1. The number of rotatable bonds is 3. The highest BCUT2D eigenvalue weighted by Gasteiger charge is 2.40. The van der Waals surface area contributed by atoms with E-state index in [1.165, 1.54) is 0 Å². The van der Waals surface area contributed by atoms with Crippen molar-refractivity contribution in [3.05, 3.63) is 71.8 Å². The molecule has 1 aliphatic rings. The molecule has 1 fully saturated rings. The molecular weight excluding hydrogens is 290 g/mol. The van der Waals surface area contributed by atoms with Gasteiger partial charge in [-0.2, -0.15) is 0 Å². The summed E-state index contributed by atoms with van der Waals surface area (Å²) in [5.41, 5.74) is -0.236. The number of hydrogen-bond acceptors (Lipinski definition) is 3. The maximum Gasteiger partial charge on any atom is 0.253 e. The van der Waals surface area contributed by atoms with E-state index in [1.54, 1.807) is 41.3 Å². The lowest BCUT2D eigenvalue weighted by Gasteiger charge is -2.37. The van der Waals surface area contributed by atoms with E-state index in [-0.39, 0.29) is 24.5 Å². The van der Waals surface area contributed by atoms with E-state index in [0.717, 1.165) is 0 Å². The van der Waals surface area contributed by atoms with Crippen molar-refractivity contribution < 1.29 is 14.7 Å². The Kier molecular flexibility index (Phi) is 4.26. The van der Waals surface area contributed by atoms with E-state index >= 15 is 0 Å². The minimum Gasteiger partial charge on any atom is -0.382 e. The van der Waals surface area contributed by atoms with Crippen LogP contribution in [0.3, 0.4) is 0 Å². The number of benzene rings is 2. The summed E-state index contributed by atoms with van der Waals surface area (Å²) in [6.07, 6.45) is 0.526. The molecule has 0 aliphatic carbocycles. The maximum atomic E-state index is 12.5. The average Bonchev–Trinajstić information content (AvgIpc) is 2.62. The monoisotopic (exact) mass is 309 g/mol. The fraction of sp³-hybridized carbons (Fsp3) is 0.263. The second-order valence-electron chi connectivity index (χ2n) is 5.88. The Labute approximate surface area is 135 Å². The number of Topliss-reactive ketones (excluding diaryl/α,β-unsaturated/α-hetero) is 1. The van der Waals surface area contributed by atoms with Crippen LogP contribution in [-0.2, 0) is 0 Å². The van der Waals surface area contributed by atoms with Crippen molar-refractivity contribution in [2.24, 2.45) is 0 Å². The van der Waals surface area contributed by atoms with Gasteiger partial charge < -0.3 is 10.0 Å². The normalized spacial score (nSPS) is 16.8. The molecule has 0 atom stereocenters. The number of hydrogen-bond donors (Lipinski definition) is 1. The third-order valence-electron chi connectivity index (χ3n) is 4.36. The Morgan fingerprint density at radius 1 is 0.826 bits per heavy atom. The fourth-order valence-electron chi connectivity index (χ4n) is 2.93. The van der Waals surface area contributed by atoms with Gasteiger partial charge in [0.2, 0.25) is 0 Å². The Hall–Kier alpha value is -2.46. The van der Waals surface area contributed by atoms with Crippen molar-refractivity contribution in [3.63, 3.8) is 0 Å². The summed E-state index contributed by atoms with van der Waals surface area (Å²) >= 11 is 0. The van der Waals surface area contributed by atoms with Gasteiger partial charge in [-0.3, -0.25) is 9.59 Å². The van der Waals surface area contributed by atoms with Crippen LogP contribution < -0.4 is 0 Å².